The highest BCUT2D eigenvalue weighted by molar-refractivity contribution is 5.92. The maximum atomic E-state index is 11.9. The molecule has 0 saturated carbocycles. The normalized spacial score (nSPS) is 10.6. The van der Waals surface area contributed by atoms with Crippen molar-refractivity contribution in [2.75, 3.05) is 11.9 Å². The number of nitrogens with one attached hydrogen (secondary N) is 1. The van der Waals surface area contributed by atoms with Crippen molar-refractivity contribution in [2.24, 2.45) is 5.16 Å². The van der Waals surface area contributed by atoms with E-state index < -0.39 is 0 Å². The Kier molecular flexibility index (Phi) is 5.14. The van der Waals surface area contributed by atoms with Gasteiger partial charge in [-0.15, -0.1) is 0 Å². The number of benzene rings is 2. The van der Waals surface area contributed by atoms with E-state index in [-0.39, 0.29) is 12.5 Å². The highest BCUT2D eigenvalue weighted by Crippen LogP contribution is 2.16. The molecule has 0 aromatic heterocycles. The molecule has 5 heteroatoms. The van der Waals surface area contributed by atoms with Gasteiger partial charge in [0.05, 0.1) is 6.21 Å². The molecule has 1 amide bonds. The third-order valence-electron chi connectivity index (χ3n) is 3.12. The molecule has 0 unspecified atom stereocenters. The van der Waals surface area contributed by atoms with Gasteiger partial charge in [-0.25, -0.2) is 0 Å². The number of oxime groups is 1. The summed E-state index contributed by atoms with van der Waals surface area (Å²) in [6.07, 6.45) is 1.32. The number of carbonyl (C=O) groups is 1. The molecule has 0 fully saturated rings. The number of aryl methyl sites for hydroxylation is 2. The Morgan fingerprint density at radius 1 is 1.23 bits per heavy atom. The van der Waals surface area contributed by atoms with Crippen LogP contribution in [-0.2, 0) is 4.79 Å². The van der Waals surface area contributed by atoms with E-state index in [4.69, 9.17) is 9.94 Å². The van der Waals surface area contributed by atoms with Gasteiger partial charge in [-0.2, -0.15) is 0 Å². The number of nitrogens with zero attached hydrogens (tertiary/aromatic N) is 1. The minimum absolute atomic E-state index is 0.0686. The lowest BCUT2D eigenvalue weighted by atomic mass is 10.1. The number of hydrogen-bond donors (Lipinski definition) is 2. The van der Waals surface area contributed by atoms with Crippen molar-refractivity contribution in [1.29, 1.82) is 0 Å². The highest BCUT2D eigenvalue weighted by Gasteiger charge is 2.06. The molecule has 2 aromatic rings. The summed E-state index contributed by atoms with van der Waals surface area (Å²) in [5.41, 5.74) is 3.63. The van der Waals surface area contributed by atoms with Crippen LogP contribution in [0.25, 0.3) is 0 Å². The minimum atomic E-state index is -0.213. The van der Waals surface area contributed by atoms with Crippen molar-refractivity contribution < 1.29 is 14.7 Å². The lowest BCUT2D eigenvalue weighted by Gasteiger charge is -2.10. The van der Waals surface area contributed by atoms with Crippen LogP contribution in [0.4, 0.5) is 5.69 Å². The van der Waals surface area contributed by atoms with E-state index >= 15 is 0 Å². The first-order valence-electron chi connectivity index (χ1n) is 6.86. The van der Waals surface area contributed by atoms with Gasteiger partial charge >= 0.3 is 0 Å². The van der Waals surface area contributed by atoms with Gasteiger partial charge in [-0.3, -0.25) is 4.79 Å². The van der Waals surface area contributed by atoms with Crippen LogP contribution < -0.4 is 10.1 Å². The molecule has 0 bridgehead atoms. The second-order valence-corrected chi connectivity index (χ2v) is 4.97. The number of rotatable bonds is 5. The minimum Gasteiger partial charge on any atom is -0.484 e. The Hall–Kier alpha value is -2.82. The van der Waals surface area contributed by atoms with Gasteiger partial charge < -0.3 is 15.3 Å². The standard InChI is InChI=1S/C17H18N2O3/c1-12-3-4-13(2)16(9-12)19-17(20)11-22-15-7-5-14(6-8-15)10-18-21/h3-10,21H,11H2,1-2H3,(H,19,20)/b18-10+. The molecular weight excluding hydrogens is 280 g/mol. The zero-order valence-electron chi connectivity index (χ0n) is 12.5. The second kappa shape index (κ2) is 7.26. The molecule has 5 nitrogen and oxygen atoms in total. The van der Waals surface area contributed by atoms with E-state index in [1.165, 1.54) is 6.21 Å². The largest absolute Gasteiger partial charge is 0.484 e. The molecule has 2 rings (SSSR count). The number of hydrogen-bond acceptors (Lipinski definition) is 4. The van der Waals surface area contributed by atoms with Crippen LogP contribution in [0.3, 0.4) is 0 Å². The molecule has 0 saturated heterocycles. The topological polar surface area (TPSA) is 70.9 Å². The molecular formula is C17H18N2O3. The third-order valence-corrected chi connectivity index (χ3v) is 3.12. The van der Waals surface area contributed by atoms with Crippen molar-refractivity contribution in [3.05, 3.63) is 59.2 Å². The maximum Gasteiger partial charge on any atom is 0.262 e. The molecule has 0 aliphatic carbocycles. The molecule has 0 aliphatic rings. The summed E-state index contributed by atoms with van der Waals surface area (Å²) >= 11 is 0. The summed E-state index contributed by atoms with van der Waals surface area (Å²) in [5, 5.41) is 14.2. The van der Waals surface area contributed by atoms with E-state index in [0.29, 0.717) is 5.75 Å². The fourth-order valence-corrected chi connectivity index (χ4v) is 1.92. The fraction of sp³-hybridized carbons (Fsp3) is 0.176. The van der Waals surface area contributed by atoms with Crippen LogP contribution >= 0.6 is 0 Å². The van der Waals surface area contributed by atoms with Crippen LogP contribution in [0.2, 0.25) is 0 Å². The van der Waals surface area contributed by atoms with Crippen molar-refractivity contribution >= 4 is 17.8 Å². The Balaban J connectivity index is 1.91. The lowest BCUT2D eigenvalue weighted by Crippen LogP contribution is -2.20. The molecule has 0 atom stereocenters. The Labute approximate surface area is 129 Å². The van der Waals surface area contributed by atoms with E-state index in [0.717, 1.165) is 22.4 Å². The summed E-state index contributed by atoms with van der Waals surface area (Å²) in [7, 11) is 0. The lowest BCUT2D eigenvalue weighted by molar-refractivity contribution is -0.118. The molecule has 22 heavy (non-hydrogen) atoms. The van der Waals surface area contributed by atoms with Crippen molar-refractivity contribution in [2.45, 2.75) is 13.8 Å². The predicted octanol–water partition coefficient (Wildman–Crippen LogP) is 3.13. The average molecular weight is 298 g/mol. The van der Waals surface area contributed by atoms with Gasteiger partial charge in [-0.05, 0) is 60.9 Å². The van der Waals surface area contributed by atoms with Gasteiger partial charge in [0, 0.05) is 5.69 Å². The zero-order chi connectivity index (χ0) is 15.9. The Morgan fingerprint density at radius 3 is 2.64 bits per heavy atom. The summed E-state index contributed by atoms with van der Waals surface area (Å²) in [6.45, 7) is 3.85. The fourth-order valence-electron chi connectivity index (χ4n) is 1.92. The quantitative estimate of drug-likeness (QED) is 0.506. The number of amides is 1. The van der Waals surface area contributed by atoms with Crippen LogP contribution in [-0.4, -0.2) is 23.9 Å². The molecule has 0 heterocycles. The van der Waals surface area contributed by atoms with E-state index in [9.17, 15) is 4.79 Å². The third kappa shape index (κ3) is 4.34. The Bertz CT molecular complexity index is 679. The summed E-state index contributed by atoms with van der Waals surface area (Å²) in [6, 6.07) is 12.8. The summed E-state index contributed by atoms with van der Waals surface area (Å²) in [4.78, 5) is 11.9. The molecule has 114 valence electrons. The SMILES string of the molecule is Cc1ccc(C)c(NC(=O)COc2ccc(/C=N/O)cc2)c1. The second-order valence-electron chi connectivity index (χ2n) is 4.97. The number of anilines is 1. The highest BCUT2D eigenvalue weighted by atomic mass is 16.5. The summed E-state index contributed by atoms with van der Waals surface area (Å²) < 4.78 is 5.42. The summed E-state index contributed by atoms with van der Waals surface area (Å²) in [5.74, 6) is 0.362. The van der Waals surface area contributed by atoms with E-state index in [1.807, 2.05) is 32.0 Å². The van der Waals surface area contributed by atoms with Gasteiger partial charge in [0.1, 0.15) is 5.75 Å². The smallest absolute Gasteiger partial charge is 0.262 e. The van der Waals surface area contributed by atoms with E-state index in [1.54, 1.807) is 24.3 Å². The number of carbonyl (C=O) groups excluding carboxylic acids is 1. The van der Waals surface area contributed by atoms with Crippen LogP contribution in [0, 0.1) is 13.8 Å². The molecule has 0 radical (unpaired) electrons. The molecule has 2 aromatic carbocycles. The van der Waals surface area contributed by atoms with Crippen molar-refractivity contribution in [3.63, 3.8) is 0 Å². The van der Waals surface area contributed by atoms with Crippen molar-refractivity contribution in [1.82, 2.24) is 0 Å². The maximum absolute atomic E-state index is 11.9. The predicted molar refractivity (Wildman–Crippen MR) is 85.9 cm³/mol. The molecule has 2 N–H and O–H groups in total. The van der Waals surface area contributed by atoms with Gasteiger partial charge in [0.15, 0.2) is 6.61 Å². The van der Waals surface area contributed by atoms with Crippen LogP contribution in [0.1, 0.15) is 16.7 Å². The first kappa shape index (κ1) is 15.6. The Morgan fingerprint density at radius 2 is 1.95 bits per heavy atom. The van der Waals surface area contributed by atoms with Gasteiger partial charge in [0.2, 0.25) is 0 Å². The van der Waals surface area contributed by atoms with Crippen molar-refractivity contribution in [3.8, 4) is 5.75 Å². The van der Waals surface area contributed by atoms with Crippen LogP contribution in [0.15, 0.2) is 47.6 Å². The number of ether oxygens (including phenoxy) is 1. The first-order valence-corrected chi connectivity index (χ1v) is 6.86. The molecule has 0 aliphatic heterocycles. The van der Waals surface area contributed by atoms with E-state index in [2.05, 4.69) is 10.5 Å². The monoisotopic (exact) mass is 298 g/mol. The van der Waals surface area contributed by atoms with Crippen LogP contribution in [0.5, 0.6) is 5.75 Å². The molecule has 0 spiro atoms. The first-order chi connectivity index (χ1) is 10.6. The zero-order valence-corrected chi connectivity index (χ0v) is 12.5. The average Bonchev–Trinajstić information content (AvgIpc) is 2.51. The van der Waals surface area contributed by atoms with Gasteiger partial charge in [0.25, 0.3) is 5.91 Å². The van der Waals surface area contributed by atoms with Gasteiger partial charge in [-0.1, -0.05) is 17.3 Å².